The smallest absolute Gasteiger partial charge is 0.124 e. The second-order valence-corrected chi connectivity index (χ2v) is 4.91. The molecule has 1 fully saturated rings. The van der Waals surface area contributed by atoms with Crippen LogP contribution in [-0.2, 0) is 0 Å². The van der Waals surface area contributed by atoms with E-state index in [4.69, 9.17) is 22.7 Å². The first-order valence-electron chi connectivity index (χ1n) is 6.04. The molecule has 1 heterocycles. The number of nitrogens with two attached hydrogens (primary N) is 1. The van der Waals surface area contributed by atoms with Gasteiger partial charge >= 0.3 is 0 Å². The molecular weight excluding hydrogens is 234 g/mol. The molecule has 0 saturated carbocycles. The Morgan fingerprint density at radius 2 is 2.35 bits per heavy atom. The van der Waals surface area contributed by atoms with Gasteiger partial charge in [-0.25, -0.2) is 0 Å². The number of anilines is 1. The molecule has 0 amide bonds. The van der Waals surface area contributed by atoms with Gasteiger partial charge < -0.3 is 10.6 Å². The van der Waals surface area contributed by atoms with Crippen LogP contribution in [0.1, 0.15) is 31.7 Å². The second kappa shape index (κ2) is 4.96. The molecule has 0 bridgehead atoms. The molecule has 1 atom stereocenters. The van der Waals surface area contributed by atoms with E-state index in [1.807, 2.05) is 12.1 Å². The van der Waals surface area contributed by atoms with E-state index >= 15 is 0 Å². The minimum Gasteiger partial charge on any atom is -0.384 e. The van der Waals surface area contributed by atoms with Gasteiger partial charge in [0.15, 0.2) is 0 Å². The number of halogens is 1. The second-order valence-electron chi connectivity index (χ2n) is 4.47. The molecule has 4 heteroatoms. The molecule has 1 aliphatic rings. The maximum Gasteiger partial charge on any atom is 0.124 e. The minimum atomic E-state index is 0.110. The van der Waals surface area contributed by atoms with Crippen molar-refractivity contribution >= 4 is 23.1 Å². The first kappa shape index (κ1) is 12.2. The maximum absolute atomic E-state index is 7.64. The van der Waals surface area contributed by atoms with Crippen LogP contribution in [0, 0.1) is 5.41 Å². The normalized spacial score (nSPS) is 19.6. The summed E-state index contributed by atoms with van der Waals surface area (Å²) in [5.74, 6) is 0.110. The standard InChI is InChI=1S/C13H18ClN3/c1-2-10-4-3-7-17(10)12-8-9(14)5-6-11(12)13(15)16/h5-6,8,10H,2-4,7H2,1H3,(H3,15,16). The predicted octanol–water partition coefficient (Wildman–Crippen LogP) is 3.00. The van der Waals surface area contributed by atoms with Crippen molar-refractivity contribution in [1.29, 1.82) is 5.41 Å². The lowest BCUT2D eigenvalue weighted by molar-refractivity contribution is 0.645. The summed E-state index contributed by atoms with van der Waals surface area (Å²) in [5, 5.41) is 8.34. The highest BCUT2D eigenvalue weighted by Gasteiger charge is 2.25. The van der Waals surface area contributed by atoms with Crippen molar-refractivity contribution in [3.05, 3.63) is 28.8 Å². The Labute approximate surface area is 107 Å². The molecule has 3 N–H and O–H groups in total. The number of nitrogen functional groups attached to an aromatic ring is 1. The summed E-state index contributed by atoms with van der Waals surface area (Å²) in [6, 6.07) is 6.10. The zero-order valence-electron chi connectivity index (χ0n) is 10.0. The van der Waals surface area contributed by atoms with Crippen molar-refractivity contribution in [2.24, 2.45) is 5.73 Å². The molecule has 1 saturated heterocycles. The van der Waals surface area contributed by atoms with Crippen LogP contribution in [0.2, 0.25) is 5.02 Å². The van der Waals surface area contributed by atoms with Gasteiger partial charge in [-0.1, -0.05) is 18.5 Å². The van der Waals surface area contributed by atoms with Gasteiger partial charge in [0.2, 0.25) is 0 Å². The van der Waals surface area contributed by atoms with E-state index in [-0.39, 0.29) is 5.84 Å². The number of amidine groups is 1. The fraction of sp³-hybridized carbons (Fsp3) is 0.462. The number of rotatable bonds is 3. The molecule has 0 aromatic heterocycles. The van der Waals surface area contributed by atoms with E-state index < -0.39 is 0 Å². The molecule has 0 spiro atoms. The zero-order valence-corrected chi connectivity index (χ0v) is 10.8. The Bertz CT molecular complexity index is 431. The number of nitrogens with zero attached hydrogens (tertiary/aromatic N) is 1. The van der Waals surface area contributed by atoms with Crippen molar-refractivity contribution in [2.75, 3.05) is 11.4 Å². The van der Waals surface area contributed by atoms with Crippen LogP contribution < -0.4 is 10.6 Å². The van der Waals surface area contributed by atoms with Crippen LogP contribution >= 0.6 is 11.6 Å². The van der Waals surface area contributed by atoms with E-state index in [0.29, 0.717) is 11.1 Å². The summed E-state index contributed by atoms with van der Waals surface area (Å²) in [5.41, 5.74) is 7.43. The molecule has 1 unspecified atom stereocenters. The number of benzene rings is 1. The van der Waals surface area contributed by atoms with Gasteiger partial charge in [0.05, 0.1) is 0 Å². The van der Waals surface area contributed by atoms with Crippen LogP contribution in [0.4, 0.5) is 5.69 Å². The summed E-state index contributed by atoms with van der Waals surface area (Å²) in [6.45, 7) is 3.22. The Morgan fingerprint density at radius 3 is 3.00 bits per heavy atom. The number of hydrogen-bond donors (Lipinski definition) is 2. The summed E-state index contributed by atoms with van der Waals surface area (Å²) >= 11 is 6.05. The van der Waals surface area contributed by atoms with Gasteiger partial charge in [0.1, 0.15) is 5.84 Å². The van der Waals surface area contributed by atoms with Crippen molar-refractivity contribution in [3.63, 3.8) is 0 Å². The molecular formula is C13H18ClN3. The highest BCUT2D eigenvalue weighted by atomic mass is 35.5. The molecule has 92 valence electrons. The molecule has 0 radical (unpaired) electrons. The third-order valence-corrected chi connectivity index (χ3v) is 3.64. The third-order valence-electron chi connectivity index (χ3n) is 3.41. The van der Waals surface area contributed by atoms with Gasteiger partial charge in [-0.2, -0.15) is 0 Å². The van der Waals surface area contributed by atoms with Crippen molar-refractivity contribution < 1.29 is 0 Å². The van der Waals surface area contributed by atoms with E-state index in [9.17, 15) is 0 Å². The van der Waals surface area contributed by atoms with Crippen LogP contribution in [0.15, 0.2) is 18.2 Å². The quantitative estimate of drug-likeness (QED) is 0.641. The van der Waals surface area contributed by atoms with Crippen LogP contribution in [-0.4, -0.2) is 18.4 Å². The lowest BCUT2D eigenvalue weighted by Gasteiger charge is -2.28. The van der Waals surface area contributed by atoms with E-state index in [0.717, 1.165) is 24.2 Å². The first-order chi connectivity index (χ1) is 8.13. The summed E-state index contributed by atoms with van der Waals surface area (Å²) in [7, 11) is 0. The summed E-state index contributed by atoms with van der Waals surface area (Å²) in [6.07, 6.45) is 3.52. The number of hydrogen-bond acceptors (Lipinski definition) is 2. The predicted molar refractivity (Wildman–Crippen MR) is 73.1 cm³/mol. The lowest BCUT2D eigenvalue weighted by atomic mass is 10.1. The van der Waals surface area contributed by atoms with Crippen molar-refractivity contribution in [2.45, 2.75) is 32.2 Å². The van der Waals surface area contributed by atoms with Gasteiger partial charge in [-0.3, -0.25) is 5.41 Å². The summed E-state index contributed by atoms with van der Waals surface area (Å²) < 4.78 is 0. The zero-order chi connectivity index (χ0) is 12.4. The topological polar surface area (TPSA) is 53.1 Å². The maximum atomic E-state index is 7.64. The van der Waals surface area contributed by atoms with E-state index in [1.54, 1.807) is 6.07 Å². The minimum absolute atomic E-state index is 0.110. The van der Waals surface area contributed by atoms with E-state index in [2.05, 4.69) is 11.8 Å². The van der Waals surface area contributed by atoms with Crippen LogP contribution in [0.25, 0.3) is 0 Å². The molecule has 1 aromatic rings. The third kappa shape index (κ3) is 2.39. The fourth-order valence-corrected chi connectivity index (χ4v) is 2.71. The highest BCUT2D eigenvalue weighted by Crippen LogP contribution is 2.32. The van der Waals surface area contributed by atoms with Crippen molar-refractivity contribution in [1.82, 2.24) is 0 Å². The fourth-order valence-electron chi connectivity index (χ4n) is 2.55. The van der Waals surface area contributed by atoms with Gasteiger partial charge in [0, 0.05) is 28.9 Å². The lowest BCUT2D eigenvalue weighted by Crippen LogP contribution is -2.30. The van der Waals surface area contributed by atoms with Crippen LogP contribution in [0.3, 0.4) is 0 Å². The molecule has 3 nitrogen and oxygen atoms in total. The number of nitrogens with one attached hydrogen (secondary N) is 1. The SMILES string of the molecule is CCC1CCCN1c1cc(Cl)ccc1C(=N)N. The van der Waals surface area contributed by atoms with Gasteiger partial charge in [-0.15, -0.1) is 0 Å². The van der Waals surface area contributed by atoms with E-state index in [1.165, 1.54) is 12.8 Å². The average Bonchev–Trinajstić information content (AvgIpc) is 2.76. The first-order valence-corrected chi connectivity index (χ1v) is 6.42. The molecule has 0 aliphatic carbocycles. The van der Waals surface area contributed by atoms with Gasteiger partial charge in [-0.05, 0) is 37.5 Å². The highest BCUT2D eigenvalue weighted by molar-refractivity contribution is 6.31. The molecule has 1 aromatic carbocycles. The molecule has 17 heavy (non-hydrogen) atoms. The molecule has 2 rings (SSSR count). The average molecular weight is 252 g/mol. The van der Waals surface area contributed by atoms with Crippen molar-refractivity contribution in [3.8, 4) is 0 Å². The monoisotopic (exact) mass is 251 g/mol. The summed E-state index contributed by atoms with van der Waals surface area (Å²) in [4.78, 5) is 2.34. The Hall–Kier alpha value is -1.22. The molecule has 1 aliphatic heterocycles. The largest absolute Gasteiger partial charge is 0.384 e. The van der Waals surface area contributed by atoms with Crippen LogP contribution in [0.5, 0.6) is 0 Å². The Balaban J connectivity index is 2.42. The Morgan fingerprint density at radius 1 is 1.59 bits per heavy atom. The Kier molecular flexibility index (Phi) is 3.57. The van der Waals surface area contributed by atoms with Gasteiger partial charge in [0.25, 0.3) is 0 Å².